The Balaban J connectivity index is 1.92. The van der Waals surface area contributed by atoms with Gasteiger partial charge in [-0.3, -0.25) is 9.59 Å². The van der Waals surface area contributed by atoms with Gasteiger partial charge in [-0.15, -0.1) is 0 Å². The van der Waals surface area contributed by atoms with Crippen LogP contribution in [0.4, 0.5) is 0 Å². The van der Waals surface area contributed by atoms with Gasteiger partial charge in [0.1, 0.15) is 16.5 Å². The maximum absolute atomic E-state index is 11.9. The average molecular weight is 398 g/mol. The molecule has 138 valence electrons. The van der Waals surface area contributed by atoms with Crippen molar-refractivity contribution in [2.45, 2.75) is 13.0 Å². The van der Waals surface area contributed by atoms with Gasteiger partial charge in [-0.25, -0.2) is 4.98 Å². The SMILES string of the molecule is CNC(=O)CNC(=O)C(C)Oc1ccc(Oc2ncc(Cl)cc2Cl)cc1. The van der Waals surface area contributed by atoms with Gasteiger partial charge in [0, 0.05) is 13.2 Å². The summed E-state index contributed by atoms with van der Waals surface area (Å²) in [5.41, 5.74) is 0. The van der Waals surface area contributed by atoms with Crippen LogP contribution in [0.3, 0.4) is 0 Å². The average Bonchev–Trinajstić information content (AvgIpc) is 2.63. The van der Waals surface area contributed by atoms with Crippen LogP contribution < -0.4 is 20.1 Å². The molecule has 0 aliphatic rings. The van der Waals surface area contributed by atoms with Crippen LogP contribution in [0.15, 0.2) is 36.5 Å². The molecule has 1 aromatic carbocycles. The van der Waals surface area contributed by atoms with E-state index in [1.807, 2.05) is 0 Å². The third-order valence-electron chi connectivity index (χ3n) is 3.20. The van der Waals surface area contributed by atoms with Crippen molar-refractivity contribution >= 4 is 35.0 Å². The lowest BCUT2D eigenvalue weighted by Crippen LogP contribution is -2.41. The normalized spacial score (nSPS) is 11.4. The van der Waals surface area contributed by atoms with Gasteiger partial charge in [0.05, 0.1) is 11.6 Å². The molecule has 1 heterocycles. The van der Waals surface area contributed by atoms with Gasteiger partial charge in [0.15, 0.2) is 6.10 Å². The van der Waals surface area contributed by atoms with E-state index in [4.69, 9.17) is 32.7 Å². The zero-order chi connectivity index (χ0) is 19.1. The Kier molecular flexibility index (Phi) is 7.06. The summed E-state index contributed by atoms with van der Waals surface area (Å²) in [6.45, 7) is 1.48. The molecule has 0 radical (unpaired) electrons. The number of carbonyl (C=O) groups is 2. The summed E-state index contributed by atoms with van der Waals surface area (Å²) in [7, 11) is 1.49. The summed E-state index contributed by atoms with van der Waals surface area (Å²) < 4.78 is 11.1. The predicted octanol–water partition coefficient (Wildman–Crippen LogP) is 2.81. The molecule has 9 heteroatoms. The van der Waals surface area contributed by atoms with E-state index in [2.05, 4.69) is 15.6 Å². The molecule has 0 fully saturated rings. The first-order valence-electron chi connectivity index (χ1n) is 7.63. The first-order valence-corrected chi connectivity index (χ1v) is 8.38. The minimum Gasteiger partial charge on any atom is -0.481 e. The fourth-order valence-electron chi connectivity index (χ4n) is 1.83. The van der Waals surface area contributed by atoms with Crippen molar-refractivity contribution in [3.05, 3.63) is 46.6 Å². The lowest BCUT2D eigenvalue weighted by atomic mass is 10.3. The minimum absolute atomic E-state index is 0.106. The van der Waals surface area contributed by atoms with Crippen molar-refractivity contribution in [3.63, 3.8) is 0 Å². The number of aromatic nitrogens is 1. The van der Waals surface area contributed by atoms with Crippen molar-refractivity contribution in [1.29, 1.82) is 0 Å². The maximum atomic E-state index is 11.9. The molecule has 0 spiro atoms. The number of halogens is 2. The molecule has 2 aromatic rings. The van der Waals surface area contributed by atoms with Crippen LogP contribution in [-0.4, -0.2) is 36.5 Å². The molecule has 1 atom stereocenters. The van der Waals surface area contributed by atoms with Gasteiger partial charge >= 0.3 is 0 Å². The number of amides is 2. The Hall–Kier alpha value is -2.51. The maximum Gasteiger partial charge on any atom is 0.261 e. The molecule has 1 aromatic heterocycles. The molecule has 1 unspecified atom stereocenters. The van der Waals surface area contributed by atoms with Crippen LogP contribution in [0.5, 0.6) is 17.4 Å². The van der Waals surface area contributed by atoms with E-state index in [9.17, 15) is 9.59 Å². The smallest absolute Gasteiger partial charge is 0.261 e. The molecular weight excluding hydrogens is 381 g/mol. The van der Waals surface area contributed by atoms with Gasteiger partial charge in [-0.05, 0) is 37.3 Å². The lowest BCUT2D eigenvalue weighted by Gasteiger charge is -2.15. The first-order chi connectivity index (χ1) is 12.4. The van der Waals surface area contributed by atoms with Gasteiger partial charge in [-0.2, -0.15) is 0 Å². The number of carbonyl (C=O) groups excluding carboxylic acids is 2. The topological polar surface area (TPSA) is 89.6 Å². The number of benzene rings is 1. The number of pyridine rings is 1. The molecule has 0 aliphatic heterocycles. The highest BCUT2D eigenvalue weighted by Crippen LogP contribution is 2.29. The van der Waals surface area contributed by atoms with E-state index >= 15 is 0 Å². The zero-order valence-electron chi connectivity index (χ0n) is 14.1. The van der Waals surface area contributed by atoms with E-state index in [1.165, 1.54) is 19.3 Å². The summed E-state index contributed by atoms with van der Waals surface area (Å²) in [5.74, 6) is 0.500. The monoisotopic (exact) mass is 397 g/mol. The second kappa shape index (κ2) is 9.26. The van der Waals surface area contributed by atoms with Crippen LogP contribution in [0, 0.1) is 0 Å². The van der Waals surface area contributed by atoms with Crippen LogP contribution in [-0.2, 0) is 9.59 Å². The third-order valence-corrected chi connectivity index (χ3v) is 3.67. The van der Waals surface area contributed by atoms with Crippen molar-refractivity contribution in [3.8, 4) is 17.4 Å². The van der Waals surface area contributed by atoms with Gasteiger partial charge < -0.3 is 20.1 Å². The largest absolute Gasteiger partial charge is 0.481 e. The number of rotatable bonds is 7. The minimum atomic E-state index is -0.765. The van der Waals surface area contributed by atoms with Gasteiger partial charge in [0.25, 0.3) is 5.91 Å². The van der Waals surface area contributed by atoms with E-state index in [1.54, 1.807) is 31.2 Å². The Morgan fingerprint density at radius 2 is 1.85 bits per heavy atom. The number of hydrogen-bond acceptors (Lipinski definition) is 5. The highest BCUT2D eigenvalue weighted by atomic mass is 35.5. The van der Waals surface area contributed by atoms with Crippen LogP contribution >= 0.6 is 23.2 Å². The van der Waals surface area contributed by atoms with E-state index in [0.717, 1.165) is 0 Å². The van der Waals surface area contributed by atoms with E-state index < -0.39 is 12.0 Å². The van der Waals surface area contributed by atoms with Crippen molar-refractivity contribution < 1.29 is 19.1 Å². The molecule has 0 saturated carbocycles. The Morgan fingerprint density at radius 3 is 2.46 bits per heavy atom. The number of nitrogens with zero attached hydrogens (tertiary/aromatic N) is 1. The van der Waals surface area contributed by atoms with E-state index in [-0.39, 0.29) is 18.3 Å². The number of likely N-dealkylation sites (N-methyl/N-ethyl adjacent to an activating group) is 1. The number of nitrogens with one attached hydrogen (secondary N) is 2. The molecule has 2 N–H and O–H groups in total. The first kappa shape index (κ1) is 19.8. The highest BCUT2D eigenvalue weighted by Gasteiger charge is 2.15. The standard InChI is InChI=1S/C17H17Cl2N3O4/c1-10(16(24)21-9-15(23)20-2)25-12-3-5-13(6-4-12)26-17-14(19)7-11(18)8-22-17/h3-8,10H,9H2,1-2H3,(H,20,23)(H,21,24). The zero-order valence-corrected chi connectivity index (χ0v) is 15.6. The number of ether oxygens (including phenoxy) is 2. The summed E-state index contributed by atoms with van der Waals surface area (Å²) in [4.78, 5) is 27.0. The molecule has 2 amide bonds. The quantitative estimate of drug-likeness (QED) is 0.749. The molecule has 7 nitrogen and oxygen atoms in total. The highest BCUT2D eigenvalue weighted by molar-refractivity contribution is 6.35. The second-order valence-corrected chi connectivity index (χ2v) is 6.01. The summed E-state index contributed by atoms with van der Waals surface area (Å²) in [6.07, 6.45) is 0.665. The molecule has 26 heavy (non-hydrogen) atoms. The van der Waals surface area contributed by atoms with Crippen molar-refractivity contribution in [2.24, 2.45) is 0 Å². The third kappa shape index (κ3) is 5.79. The lowest BCUT2D eigenvalue weighted by molar-refractivity contribution is -0.130. The van der Waals surface area contributed by atoms with Crippen molar-refractivity contribution in [2.75, 3.05) is 13.6 Å². The Labute approximate surface area is 160 Å². The fraction of sp³-hybridized carbons (Fsp3) is 0.235. The predicted molar refractivity (Wildman–Crippen MR) is 97.9 cm³/mol. The van der Waals surface area contributed by atoms with Gasteiger partial charge in [0.2, 0.25) is 11.8 Å². The van der Waals surface area contributed by atoms with Gasteiger partial charge in [-0.1, -0.05) is 23.2 Å². The second-order valence-electron chi connectivity index (χ2n) is 5.17. The molecule has 2 rings (SSSR count). The van der Waals surface area contributed by atoms with E-state index in [0.29, 0.717) is 21.5 Å². The molecule has 0 saturated heterocycles. The van der Waals surface area contributed by atoms with Crippen LogP contribution in [0.1, 0.15) is 6.92 Å². The Bertz CT molecular complexity index is 784. The van der Waals surface area contributed by atoms with Crippen LogP contribution in [0.2, 0.25) is 10.0 Å². The molecular formula is C17H17Cl2N3O4. The fourth-order valence-corrected chi connectivity index (χ4v) is 2.25. The summed E-state index contributed by atoms with van der Waals surface area (Å²) >= 11 is 11.8. The summed E-state index contributed by atoms with van der Waals surface area (Å²) in [6, 6.07) is 8.11. The van der Waals surface area contributed by atoms with Crippen molar-refractivity contribution in [1.82, 2.24) is 15.6 Å². The molecule has 0 bridgehead atoms. The van der Waals surface area contributed by atoms with Crippen LogP contribution in [0.25, 0.3) is 0 Å². The number of hydrogen-bond donors (Lipinski definition) is 2. The molecule has 0 aliphatic carbocycles. The summed E-state index contributed by atoms with van der Waals surface area (Å²) in [5, 5.41) is 5.59. The Morgan fingerprint density at radius 1 is 1.19 bits per heavy atom.